The fraction of sp³-hybridized carbons (Fsp3) is 0.500. The molecule has 2 N–H and O–H groups in total. The van der Waals surface area contributed by atoms with Gasteiger partial charge in [-0.15, -0.1) is 0 Å². The van der Waals surface area contributed by atoms with Gasteiger partial charge in [0.2, 0.25) is 0 Å². The van der Waals surface area contributed by atoms with Crippen molar-refractivity contribution in [2.75, 3.05) is 32.5 Å². The molecule has 7 nitrogen and oxygen atoms in total. The molecule has 2 heterocycles. The number of urea groups is 1. The lowest BCUT2D eigenvalue weighted by atomic mass is 10.2. The molecule has 7 heteroatoms. The number of likely N-dealkylation sites (tertiary alicyclic amines) is 1. The number of anilines is 1. The predicted molar refractivity (Wildman–Crippen MR) is 78.5 cm³/mol. The van der Waals surface area contributed by atoms with Gasteiger partial charge < -0.3 is 20.2 Å². The van der Waals surface area contributed by atoms with Crippen LogP contribution in [0.3, 0.4) is 0 Å². The van der Waals surface area contributed by atoms with Crippen LogP contribution in [-0.2, 0) is 0 Å². The highest BCUT2D eigenvalue weighted by Crippen LogP contribution is 2.16. The number of aromatic carboxylic acids is 1. The van der Waals surface area contributed by atoms with Crippen LogP contribution in [0.5, 0.6) is 0 Å². The normalized spacial score (nSPS) is 18.5. The third-order valence-electron chi connectivity index (χ3n) is 3.74. The lowest BCUT2D eigenvalue weighted by Gasteiger charge is -2.26. The summed E-state index contributed by atoms with van der Waals surface area (Å²) in [7, 11) is 3.79. The van der Waals surface area contributed by atoms with Gasteiger partial charge in [-0.05, 0) is 32.5 Å². The monoisotopic (exact) mass is 292 g/mol. The van der Waals surface area contributed by atoms with E-state index in [9.17, 15) is 9.59 Å². The van der Waals surface area contributed by atoms with Crippen LogP contribution < -0.4 is 5.32 Å². The number of aromatic nitrogens is 1. The number of carbonyl (C=O) groups excluding carboxylic acids is 1. The second-order valence-electron chi connectivity index (χ2n) is 5.35. The predicted octanol–water partition coefficient (Wildman–Crippen LogP) is 1.34. The Kier molecular flexibility index (Phi) is 4.74. The summed E-state index contributed by atoms with van der Waals surface area (Å²) in [6, 6.07) is 1.51. The highest BCUT2D eigenvalue weighted by Gasteiger charge is 2.23. The third kappa shape index (κ3) is 3.91. The smallest absolute Gasteiger partial charge is 0.337 e. The molecule has 1 aromatic rings. The van der Waals surface area contributed by atoms with E-state index in [4.69, 9.17) is 5.11 Å². The van der Waals surface area contributed by atoms with Crippen LogP contribution in [0.1, 0.15) is 23.2 Å². The molecular formula is C14H20N4O3. The topological polar surface area (TPSA) is 85.8 Å². The van der Waals surface area contributed by atoms with Crippen LogP contribution in [0, 0.1) is 0 Å². The summed E-state index contributed by atoms with van der Waals surface area (Å²) in [6.45, 7) is 1.71. The maximum atomic E-state index is 12.1. The Hall–Kier alpha value is -2.15. The molecule has 1 saturated heterocycles. The van der Waals surface area contributed by atoms with Crippen molar-refractivity contribution in [2.24, 2.45) is 0 Å². The average Bonchev–Trinajstić information content (AvgIpc) is 2.84. The number of carboxylic acids is 1. The zero-order valence-electron chi connectivity index (χ0n) is 12.2. The zero-order valence-corrected chi connectivity index (χ0v) is 12.2. The van der Waals surface area contributed by atoms with Crippen molar-refractivity contribution in [2.45, 2.75) is 18.9 Å². The summed E-state index contributed by atoms with van der Waals surface area (Å²) < 4.78 is 0. The molecule has 1 aromatic heterocycles. The number of hydrogen-bond acceptors (Lipinski definition) is 4. The van der Waals surface area contributed by atoms with Gasteiger partial charge in [0.15, 0.2) is 0 Å². The van der Waals surface area contributed by atoms with Crippen LogP contribution in [-0.4, -0.2) is 65.1 Å². The number of likely N-dealkylation sites (N-methyl/N-ethyl adjacent to an activating group) is 2. The number of rotatable bonds is 4. The fourth-order valence-corrected chi connectivity index (χ4v) is 2.45. The van der Waals surface area contributed by atoms with Crippen LogP contribution >= 0.6 is 0 Å². The van der Waals surface area contributed by atoms with Crippen molar-refractivity contribution in [1.82, 2.24) is 14.8 Å². The van der Waals surface area contributed by atoms with E-state index in [1.54, 1.807) is 11.9 Å². The minimum absolute atomic E-state index is 0.0472. The standard InChI is InChI=1S/C14H20N4O3/c1-17-5-3-4-12(17)9-18(2)14(21)16-11-6-10(13(19)20)7-15-8-11/h6-8,12H,3-5,9H2,1-2H3,(H,16,21)(H,19,20). The number of carbonyl (C=O) groups is 2. The summed E-state index contributed by atoms with van der Waals surface area (Å²) in [5, 5.41) is 11.6. The van der Waals surface area contributed by atoms with Crippen molar-refractivity contribution in [3.8, 4) is 0 Å². The molecule has 21 heavy (non-hydrogen) atoms. The number of amides is 2. The van der Waals surface area contributed by atoms with E-state index in [-0.39, 0.29) is 11.6 Å². The summed E-state index contributed by atoms with van der Waals surface area (Å²) in [5.41, 5.74) is 0.428. The van der Waals surface area contributed by atoms with E-state index in [1.165, 1.54) is 18.5 Å². The van der Waals surface area contributed by atoms with Crippen LogP contribution in [0.4, 0.5) is 10.5 Å². The zero-order chi connectivity index (χ0) is 15.4. The van der Waals surface area contributed by atoms with E-state index < -0.39 is 5.97 Å². The molecule has 1 aliphatic heterocycles. The largest absolute Gasteiger partial charge is 0.478 e. The Morgan fingerprint density at radius 1 is 1.52 bits per heavy atom. The molecule has 1 unspecified atom stereocenters. The Labute approximate surface area is 123 Å². The van der Waals surface area contributed by atoms with Crippen molar-refractivity contribution < 1.29 is 14.7 Å². The first-order valence-electron chi connectivity index (χ1n) is 6.88. The maximum absolute atomic E-state index is 12.1. The number of carboxylic acid groups (broad SMARTS) is 1. The van der Waals surface area contributed by atoms with Crippen LogP contribution in [0.25, 0.3) is 0 Å². The van der Waals surface area contributed by atoms with E-state index in [2.05, 4.69) is 22.2 Å². The minimum atomic E-state index is -1.07. The number of nitrogens with zero attached hydrogens (tertiary/aromatic N) is 3. The third-order valence-corrected chi connectivity index (χ3v) is 3.74. The van der Waals surface area contributed by atoms with E-state index >= 15 is 0 Å². The van der Waals surface area contributed by atoms with Crippen LogP contribution in [0.15, 0.2) is 18.5 Å². The quantitative estimate of drug-likeness (QED) is 0.874. The van der Waals surface area contributed by atoms with E-state index in [0.29, 0.717) is 18.3 Å². The molecule has 1 fully saturated rings. The van der Waals surface area contributed by atoms with Gasteiger partial charge in [-0.1, -0.05) is 0 Å². The molecule has 0 aromatic carbocycles. The Morgan fingerprint density at radius 2 is 2.29 bits per heavy atom. The van der Waals surface area contributed by atoms with Gasteiger partial charge in [0, 0.05) is 25.8 Å². The van der Waals surface area contributed by atoms with Crippen LogP contribution in [0.2, 0.25) is 0 Å². The molecule has 114 valence electrons. The number of hydrogen-bond donors (Lipinski definition) is 2. The Morgan fingerprint density at radius 3 is 2.90 bits per heavy atom. The maximum Gasteiger partial charge on any atom is 0.337 e. The van der Waals surface area contributed by atoms with Gasteiger partial charge in [-0.25, -0.2) is 9.59 Å². The first-order chi connectivity index (χ1) is 9.97. The van der Waals surface area contributed by atoms with Crippen molar-refractivity contribution in [3.63, 3.8) is 0 Å². The van der Waals surface area contributed by atoms with Crippen molar-refractivity contribution >= 4 is 17.7 Å². The molecule has 1 aliphatic rings. The molecule has 0 aliphatic carbocycles. The van der Waals surface area contributed by atoms with Crippen molar-refractivity contribution in [3.05, 3.63) is 24.0 Å². The lowest BCUT2D eigenvalue weighted by Crippen LogP contribution is -2.41. The molecule has 0 radical (unpaired) electrons. The summed E-state index contributed by atoms with van der Waals surface area (Å²) >= 11 is 0. The summed E-state index contributed by atoms with van der Waals surface area (Å²) in [5.74, 6) is -1.07. The second kappa shape index (κ2) is 6.53. The summed E-state index contributed by atoms with van der Waals surface area (Å²) in [4.78, 5) is 30.6. The molecular weight excluding hydrogens is 272 g/mol. The molecule has 0 bridgehead atoms. The Bertz CT molecular complexity index is 535. The molecule has 2 rings (SSSR count). The van der Waals surface area contributed by atoms with Gasteiger partial charge in [-0.2, -0.15) is 0 Å². The molecule has 1 atom stereocenters. The number of pyridine rings is 1. The first-order valence-corrected chi connectivity index (χ1v) is 6.88. The van der Waals surface area contributed by atoms with E-state index in [0.717, 1.165) is 19.4 Å². The fourth-order valence-electron chi connectivity index (χ4n) is 2.45. The van der Waals surface area contributed by atoms with Gasteiger partial charge in [0.05, 0.1) is 17.4 Å². The first kappa shape index (κ1) is 15.2. The second-order valence-corrected chi connectivity index (χ2v) is 5.35. The van der Waals surface area contributed by atoms with Crippen molar-refractivity contribution in [1.29, 1.82) is 0 Å². The van der Waals surface area contributed by atoms with Gasteiger partial charge in [0.1, 0.15) is 0 Å². The molecule has 0 spiro atoms. The summed E-state index contributed by atoms with van der Waals surface area (Å²) in [6.07, 6.45) is 4.92. The average molecular weight is 292 g/mol. The molecule has 0 saturated carbocycles. The highest BCUT2D eigenvalue weighted by molar-refractivity contribution is 5.92. The molecule has 2 amide bonds. The highest BCUT2D eigenvalue weighted by atomic mass is 16.4. The van der Waals surface area contributed by atoms with E-state index in [1.807, 2.05) is 0 Å². The van der Waals surface area contributed by atoms with Gasteiger partial charge >= 0.3 is 12.0 Å². The van der Waals surface area contributed by atoms with Gasteiger partial charge in [0.25, 0.3) is 0 Å². The minimum Gasteiger partial charge on any atom is -0.478 e. The SMILES string of the molecule is CN(CC1CCCN1C)C(=O)Nc1cncc(C(=O)O)c1. The number of nitrogens with one attached hydrogen (secondary N) is 1. The Balaban J connectivity index is 1.94. The van der Waals surface area contributed by atoms with Gasteiger partial charge in [-0.3, -0.25) is 4.98 Å². The lowest BCUT2D eigenvalue weighted by molar-refractivity contribution is 0.0696.